The minimum atomic E-state index is -0.486. The molecule has 0 amide bonds. The van der Waals surface area contributed by atoms with E-state index in [-0.39, 0.29) is 5.78 Å². The molecule has 1 atom stereocenters. The average molecular weight is 153 g/mol. The van der Waals surface area contributed by atoms with Crippen molar-refractivity contribution in [1.29, 1.82) is 0 Å². The topological polar surface area (TPSA) is 56.2 Å². The number of nitrogens with two attached hydrogens (primary N) is 1. The highest BCUT2D eigenvalue weighted by Gasteiger charge is 2.13. The van der Waals surface area contributed by atoms with Gasteiger partial charge in [-0.05, 0) is 25.5 Å². The van der Waals surface area contributed by atoms with E-state index in [1.807, 2.05) is 6.92 Å². The zero-order valence-corrected chi connectivity index (χ0v) is 6.63. The molecule has 2 N–H and O–H groups in total. The van der Waals surface area contributed by atoms with Crippen LogP contribution in [-0.2, 0) is 0 Å². The fraction of sp³-hybridized carbons (Fsp3) is 0.375. The Morgan fingerprint density at radius 1 is 1.73 bits per heavy atom. The van der Waals surface area contributed by atoms with Crippen LogP contribution >= 0.6 is 0 Å². The number of carbonyl (C=O) groups is 1. The molecule has 0 saturated heterocycles. The summed E-state index contributed by atoms with van der Waals surface area (Å²) in [6.45, 7) is 3.50. The Balaban J connectivity index is 2.85. The number of hydrogen-bond acceptors (Lipinski definition) is 3. The van der Waals surface area contributed by atoms with Gasteiger partial charge in [-0.15, -0.1) is 0 Å². The molecule has 1 heterocycles. The lowest BCUT2D eigenvalue weighted by molar-refractivity contribution is 0.0941. The first kappa shape index (κ1) is 8.01. The van der Waals surface area contributed by atoms with Gasteiger partial charge < -0.3 is 10.2 Å². The molecule has 1 unspecified atom stereocenters. The summed E-state index contributed by atoms with van der Waals surface area (Å²) < 4.78 is 4.96. The van der Waals surface area contributed by atoms with Gasteiger partial charge in [0.25, 0.3) is 0 Å². The minimum Gasteiger partial charge on any atom is -0.461 e. The Bertz CT molecular complexity index is 263. The van der Waals surface area contributed by atoms with Gasteiger partial charge in [0.2, 0.25) is 5.78 Å². The van der Waals surface area contributed by atoms with E-state index in [1.54, 1.807) is 13.0 Å². The van der Waals surface area contributed by atoms with Crippen molar-refractivity contribution in [3.63, 3.8) is 0 Å². The van der Waals surface area contributed by atoms with Crippen LogP contribution in [0.15, 0.2) is 16.7 Å². The predicted molar refractivity (Wildman–Crippen MR) is 41.4 cm³/mol. The number of ketones is 1. The van der Waals surface area contributed by atoms with Gasteiger partial charge in [-0.3, -0.25) is 4.79 Å². The molecule has 60 valence electrons. The molecular formula is C8H11NO2. The Morgan fingerprint density at radius 2 is 2.36 bits per heavy atom. The molecule has 0 aliphatic carbocycles. The van der Waals surface area contributed by atoms with Crippen molar-refractivity contribution >= 4 is 5.78 Å². The van der Waals surface area contributed by atoms with Crippen LogP contribution in [0.25, 0.3) is 0 Å². The lowest BCUT2D eigenvalue weighted by Crippen LogP contribution is -2.26. The van der Waals surface area contributed by atoms with Crippen LogP contribution in [0.5, 0.6) is 0 Å². The molecule has 0 spiro atoms. The van der Waals surface area contributed by atoms with Crippen molar-refractivity contribution in [2.45, 2.75) is 19.9 Å². The van der Waals surface area contributed by atoms with Crippen molar-refractivity contribution < 1.29 is 9.21 Å². The van der Waals surface area contributed by atoms with Crippen LogP contribution in [-0.4, -0.2) is 11.8 Å². The average Bonchev–Trinajstić information content (AvgIpc) is 2.34. The van der Waals surface area contributed by atoms with Crippen molar-refractivity contribution in [1.82, 2.24) is 0 Å². The van der Waals surface area contributed by atoms with E-state index >= 15 is 0 Å². The summed E-state index contributed by atoms with van der Waals surface area (Å²) in [4.78, 5) is 11.1. The first-order chi connectivity index (χ1) is 5.11. The van der Waals surface area contributed by atoms with Crippen molar-refractivity contribution in [3.8, 4) is 0 Å². The highest BCUT2D eigenvalue weighted by atomic mass is 16.3. The van der Waals surface area contributed by atoms with Gasteiger partial charge in [0.15, 0.2) is 5.76 Å². The summed E-state index contributed by atoms with van der Waals surface area (Å²) in [6, 6.07) is 1.20. The predicted octanol–water partition coefficient (Wildman–Crippen LogP) is 1.12. The maximum absolute atomic E-state index is 11.1. The van der Waals surface area contributed by atoms with Crippen LogP contribution in [0.1, 0.15) is 23.0 Å². The van der Waals surface area contributed by atoms with Gasteiger partial charge in [0.05, 0.1) is 12.3 Å². The largest absolute Gasteiger partial charge is 0.461 e. The maximum atomic E-state index is 11.1. The van der Waals surface area contributed by atoms with Gasteiger partial charge in [-0.25, -0.2) is 0 Å². The monoisotopic (exact) mass is 153 g/mol. The van der Waals surface area contributed by atoms with Crippen LogP contribution in [0.3, 0.4) is 0 Å². The molecule has 11 heavy (non-hydrogen) atoms. The molecule has 0 radical (unpaired) electrons. The molecule has 0 fully saturated rings. The maximum Gasteiger partial charge on any atom is 0.214 e. The second kappa shape index (κ2) is 2.88. The van der Waals surface area contributed by atoms with Crippen LogP contribution < -0.4 is 5.73 Å². The Hall–Kier alpha value is -1.09. The number of aryl methyl sites for hydroxylation is 1. The number of carbonyl (C=O) groups excluding carboxylic acids is 1. The van der Waals surface area contributed by atoms with E-state index in [1.165, 1.54) is 6.26 Å². The lowest BCUT2D eigenvalue weighted by Gasteiger charge is -1.98. The summed E-state index contributed by atoms with van der Waals surface area (Å²) in [5.74, 6) is 0.190. The van der Waals surface area contributed by atoms with E-state index in [0.29, 0.717) is 5.76 Å². The van der Waals surface area contributed by atoms with E-state index in [0.717, 1.165) is 5.56 Å². The third-order valence-electron chi connectivity index (χ3n) is 1.39. The number of rotatable bonds is 2. The molecular weight excluding hydrogens is 142 g/mol. The van der Waals surface area contributed by atoms with E-state index in [2.05, 4.69) is 0 Å². The van der Waals surface area contributed by atoms with Gasteiger partial charge in [-0.1, -0.05) is 0 Å². The van der Waals surface area contributed by atoms with Crippen molar-refractivity contribution in [2.75, 3.05) is 0 Å². The normalized spacial score (nSPS) is 13.0. The summed E-state index contributed by atoms with van der Waals surface area (Å²) in [5.41, 5.74) is 6.31. The van der Waals surface area contributed by atoms with Crippen molar-refractivity contribution in [2.24, 2.45) is 5.73 Å². The third-order valence-corrected chi connectivity index (χ3v) is 1.39. The smallest absolute Gasteiger partial charge is 0.214 e. The molecule has 1 rings (SSSR count). The zero-order valence-electron chi connectivity index (χ0n) is 6.63. The second-order valence-corrected chi connectivity index (χ2v) is 2.64. The number of hydrogen-bond donors (Lipinski definition) is 1. The lowest BCUT2D eigenvalue weighted by atomic mass is 10.2. The van der Waals surface area contributed by atoms with Gasteiger partial charge in [-0.2, -0.15) is 0 Å². The summed E-state index contributed by atoms with van der Waals surface area (Å²) in [7, 11) is 0. The Morgan fingerprint density at radius 3 is 2.73 bits per heavy atom. The van der Waals surface area contributed by atoms with Gasteiger partial charge in [0.1, 0.15) is 0 Å². The molecule has 3 nitrogen and oxygen atoms in total. The Labute approximate surface area is 65.2 Å². The van der Waals surface area contributed by atoms with E-state index < -0.39 is 6.04 Å². The number of Topliss-reactive ketones (excluding diaryl/α,β-unsaturated/α-hetero) is 1. The van der Waals surface area contributed by atoms with Crippen LogP contribution in [0, 0.1) is 6.92 Å². The molecule has 1 aromatic heterocycles. The summed E-state index contributed by atoms with van der Waals surface area (Å²) >= 11 is 0. The molecule has 0 bridgehead atoms. The summed E-state index contributed by atoms with van der Waals surface area (Å²) in [5, 5.41) is 0. The second-order valence-electron chi connectivity index (χ2n) is 2.64. The SMILES string of the molecule is Cc1coc(C(=O)C(C)N)c1. The van der Waals surface area contributed by atoms with Crippen LogP contribution in [0.4, 0.5) is 0 Å². The van der Waals surface area contributed by atoms with Crippen molar-refractivity contribution in [3.05, 3.63) is 23.7 Å². The third kappa shape index (κ3) is 1.68. The molecule has 1 aromatic rings. The molecule has 0 saturated carbocycles. The highest BCUT2D eigenvalue weighted by Crippen LogP contribution is 2.07. The standard InChI is InChI=1S/C8H11NO2/c1-5-3-7(11-4-5)8(10)6(2)9/h3-4,6H,9H2,1-2H3. The van der Waals surface area contributed by atoms with Gasteiger partial charge >= 0.3 is 0 Å². The molecule has 0 aliphatic heterocycles. The first-order valence-electron chi connectivity index (χ1n) is 3.46. The molecule has 3 heteroatoms. The molecule has 0 aliphatic rings. The first-order valence-corrected chi connectivity index (χ1v) is 3.46. The molecule has 0 aromatic carbocycles. The van der Waals surface area contributed by atoms with E-state index in [4.69, 9.17) is 10.2 Å². The number of furan rings is 1. The Kier molecular flexibility index (Phi) is 2.10. The minimum absolute atomic E-state index is 0.155. The van der Waals surface area contributed by atoms with E-state index in [9.17, 15) is 4.79 Å². The summed E-state index contributed by atoms with van der Waals surface area (Å²) in [6.07, 6.45) is 1.54. The highest BCUT2D eigenvalue weighted by molar-refractivity contribution is 5.97. The van der Waals surface area contributed by atoms with Gasteiger partial charge in [0, 0.05) is 0 Å². The van der Waals surface area contributed by atoms with Crippen LogP contribution in [0.2, 0.25) is 0 Å². The zero-order chi connectivity index (χ0) is 8.43. The fourth-order valence-corrected chi connectivity index (χ4v) is 0.785. The fourth-order valence-electron chi connectivity index (χ4n) is 0.785. The quantitative estimate of drug-likeness (QED) is 0.647.